The number of anilines is 1. The number of hydrogen-bond donors (Lipinski definition) is 3. The minimum absolute atomic E-state index is 0.111. The Bertz CT molecular complexity index is 807. The molecule has 2 aromatic carbocycles. The molecule has 0 fully saturated rings. The Kier molecular flexibility index (Phi) is 7.49. The van der Waals surface area contributed by atoms with Crippen LogP contribution >= 0.6 is 0 Å². The normalized spacial score (nSPS) is 17.0. The molecule has 156 valence electrons. The molecule has 0 heterocycles. The Hall–Kier alpha value is -2.57. The summed E-state index contributed by atoms with van der Waals surface area (Å²) in [6, 6.07) is 13.8. The Morgan fingerprint density at radius 1 is 1.17 bits per heavy atom. The molecule has 6 heteroatoms. The zero-order valence-electron chi connectivity index (χ0n) is 17.1. The summed E-state index contributed by atoms with van der Waals surface area (Å²) in [4.78, 5) is 11.0. The number of benzene rings is 2. The Morgan fingerprint density at radius 2 is 1.93 bits per heavy atom. The molecule has 0 saturated heterocycles. The molecular formula is C23H30N2O4. The molecule has 0 saturated carbocycles. The van der Waals surface area contributed by atoms with Crippen LogP contribution in [-0.4, -0.2) is 43.4 Å². The van der Waals surface area contributed by atoms with Gasteiger partial charge in [-0.15, -0.1) is 0 Å². The molecule has 29 heavy (non-hydrogen) atoms. The summed E-state index contributed by atoms with van der Waals surface area (Å²) in [7, 11) is 1.69. The first-order chi connectivity index (χ1) is 14.0. The van der Waals surface area contributed by atoms with Crippen LogP contribution in [0.3, 0.4) is 0 Å². The van der Waals surface area contributed by atoms with Gasteiger partial charge in [0.05, 0.1) is 7.11 Å². The topological polar surface area (TPSA) is 79.8 Å². The van der Waals surface area contributed by atoms with Gasteiger partial charge in [0, 0.05) is 25.2 Å². The fourth-order valence-corrected chi connectivity index (χ4v) is 3.64. The highest BCUT2D eigenvalue weighted by atomic mass is 16.5. The number of amides is 1. The van der Waals surface area contributed by atoms with Crippen molar-refractivity contribution in [3.05, 3.63) is 53.6 Å². The summed E-state index contributed by atoms with van der Waals surface area (Å²) in [6.45, 7) is 2.16. The number of ether oxygens (including phenoxy) is 2. The maximum Gasteiger partial charge on any atom is 0.221 e. The lowest BCUT2D eigenvalue weighted by atomic mass is 10.0. The van der Waals surface area contributed by atoms with Gasteiger partial charge in [0.2, 0.25) is 5.91 Å². The zero-order chi connectivity index (χ0) is 20.6. The molecule has 1 amide bonds. The number of rotatable bonds is 8. The van der Waals surface area contributed by atoms with Gasteiger partial charge in [-0.3, -0.25) is 4.79 Å². The van der Waals surface area contributed by atoms with Gasteiger partial charge < -0.3 is 25.2 Å². The maximum atomic E-state index is 11.0. The molecule has 3 N–H and O–H groups in total. The average Bonchev–Trinajstić information content (AvgIpc) is 2.92. The Labute approximate surface area is 172 Å². The minimum atomic E-state index is -0.599. The fraction of sp³-hybridized carbons (Fsp3) is 0.435. The lowest BCUT2D eigenvalue weighted by Crippen LogP contribution is -2.39. The third kappa shape index (κ3) is 6.48. The molecule has 1 aliphatic carbocycles. The first-order valence-corrected chi connectivity index (χ1v) is 10.1. The SMILES string of the molecule is COc1ccc2c(c1)CC(NC[C@H](O)COc1ccc(NC(C)=O)cc1)CCC2. The van der Waals surface area contributed by atoms with Crippen molar-refractivity contribution in [3.63, 3.8) is 0 Å². The lowest BCUT2D eigenvalue weighted by Gasteiger charge is -2.20. The smallest absolute Gasteiger partial charge is 0.221 e. The van der Waals surface area contributed by atoms with Gasteiger partial charge in [0.1, 0.15) is 24.2 Å². The van der Waals surface area contributed by atoms with Gasteiger partial charge in [-0.05, 0) is 73.2 Å². The van der Waals surface area contributed by atoms with Crippen molar-refractivity contribution < 1.29 is 19.4 Å². The van der Waals surface area contributed by atoms with Crippen molar-refractivity contribution in [2.24, 2.45) is 0 Å². The number of aliphatic hydroxyl groups is 1. The number of carbonyl (C=O) groups excluding carboxylic acids is 1. The Morgan fingerprint density at radius 3 is 2.66 bits per heavy atom. The molecule has 2 aromatic rings. The predicted molar refractivity (Wildman–Crippen MR) is 114 cm³/mol. The average molecular weight is 399 g/mol. The monoisotopic (exact) mass is 398 g/mol. The van der Waals surface area contributed by atoms with E-state index in [1.165, 1.54) is 18.1 Å². The molecule has 0 spiro atoms. The molecule has 3 rings (SSSR count). The van der Waals surface area contributed by atoms with E-state index in [9.17, 15) is 9.90 Å². The quantitative estimate of drug-likeness (QED) is 0.596. The van der Waals surface area contributed by atoms with Crippen LogP contribution in [0.5, 0.6) is 11.5 Å². The van der Waals surface area contributed by atoms with Crippen LogP contribution in [0.1, 0.15) is 30.9 Å². The van der Waals surface area contributed by atoms with Gasteiger partial charge in [-0.1, -0.05) is 6.07 Å². The van der Waals surface area contributed by atoms with Crippen LogP contribution in [0.2, 0.25) is 0 Å². The molecule has 0 bridgehead atoms. The molecular weight excluding hydrogens is 368 g/mol. The van der Waals surface area contributed by atoms with Crippen molar-refractivity contribution in [2.45, 2.75) is 44.8 Å². The fourth-order valence-electron chi connectivity index (χ4n) is 3.64. The van der Waals surface area contributed by atoms with Gasteiger partial charge in [-0.2, -0.15) is 0 Å². The molecule has 0 aliphatic heterocycles. The standard InChI is InChI=1S/C23H30N2O4/c1-16(26)25-19-7-10-22(11-8-19)29-15-21(27)14-24-20-5-3-4-17-6-9-23(28-2)13-18(17)12-20/h6-11,13,20-21,24,27H,3-5,12,14-15H2,1-2H3,(H,25,26)/t20?,21-/m0/s1. The van der Waals surface area contributed by atoms with Crippen molar-refractivity contribution in [1.29, 1.82) is 0 Å². The zero-order valence-corrected chi connectivity index (χ0v) is 17.1. The van der Waals surface area contributed by atoms with Gasteiger partial charge in [0.15, 0.2) is 0 Å². The van der Waals surface area contributed by atoms with Crippen molar-refractivity contribution in [2.75, 3.05) is 25.6 Å². The van der Waals surface area contributed by atoms with Crippen LogP contribution in [0.15, 0.2) is 42.5 Å². The second-order valence-electron chi connectivity index (χ2n) is 7.51. The predicted octanol–water partition coefficient (Wildman–Crippen LogP) is 2.93. The van der Waals surface area contributed by atoms with E-state index >= 15 is 0 Å². The molecule has 1 unspecified atom stereocenters. The number of aliphatic hydroxyl groups excluding tert-OH is 1. The number of fused-ring (bicyclic) bond motifs is 1. The minimum Gasteiger partial charge on any atom is -0.497 e. The molecule has 1 aliphatic rings. The largest absolute Gasteiger partial charge is 0.497 e. The maximum absolute atomic E-state index is 11.0. The van der Waals surface area contributed by atoms with Crippen LogP contribution < -0.4 is 20.1 Å². The summed E-state index contributed by atoms with van der Waals surface area (Å²) in [6.07, 6.45) is 3.62. The first-order valence-electron chi connectivity index (χ1n) is 10.1. The third-order valence-corrected chi connectivity index (χ3v) is 5.14. The van der Waals surface area contributed by atoms with E-state index in [0.717, 1.165) is 37.1 Å². The van der Waals surface area contributed by atoms with E-state index in [1.807, 2.05) is 6.07 Å². The van der Waals surface area contributed by atoms with Crippen molar-refractivity contribution in [1.82, 2.24) is 5.32 Å². The van der Waals surface area contributed by atoms with E-state index in [4.69, 9.17) is 9.47 Å². The van der Waals surface area contributed by atoms with E-state index in [1.54, 1.807) is 31.4 Å². The molecule has 0 aromatic heterocycles. The highest BCUT2D eigenvalue weighted by molar-refractivity contribution is 5.88. The highest BCUT2D eigenvalue weighted by Gasteiger charge is 2.18. The Balaban J connectivity index is 1.45. The second kappa shape index (κ2) is 10.3. The van der Waals surface area contributed by atoms with Gasteiger partial charge in [0.25, 0.3) is 0 Å². The van der Waals surface area contributed by atoms with Crippen LogP contribution in [0.25, 0.3) is 0 Å². The number of aryl methyl sites for hydroxylation is 1. The number of nitrogens with one attached hydrogen (secondary N) is 2. The van der Waals surface area contributed by atoms with E-state index in [2.05, 4.69) is 22.8 Å². The molecule has 2 atom stereocenters. The summed E-state index contributed by atoms with van der Waals surface area (Å²) < 4.78 is 11.0. The number of methoxy groups -OCH3 is 1. The van der Waals surface area contributed by atoms with Crippen molar-refractivity contribution >= 4 is 11.6 Å². The molecule has 0 radical (unpaired) electrons. The first kappa shape index (κ1) is 21.1. The van der Waals surface area contributed by atoms with Crippen molar-refractivity contribution in [3.8, 4) is 11.5 Å². The second-order valence-corrected chi connectivity index (χ2v) is 7.51. The lowest BCUT2D eigenvalue weighted by molar-refractivity contribution is -0.114. The van der Waals surface area contributed by atoms with E-state index in [-0.39, 0.29) is 12.5 Å². The summed E-state index contributed by atoms with van der Waals surface area (Å²) in [5.41, 5.74) is 3.43. The summed E-state index contributed by atoms with van der Waals surface area (Å²) >= 11 is 0. The number of hydrogen-bond acceptors (Lipinski definition) is 5. The van der Waals surface area contributed by atoms with Crippen LogP contribution in [0.4, 0.5) is 5.69 Å². The van der Waals surface area contributed by atoms with Gasteiger partial charge in [-0.25, -0.2) is 0 Å². The molecule has 6 nitrogen and oxygen atoms in total. The third-order valence-electron chi connectivity index (χ3n) is 5.14. The van der Waals surface area contributed by atoms with E-state index in [0.29, 0.717) is 18.3 Å². The van der Waals surface area contributed by atoms with Gasteiger partial charge >= 0.3 is 0 Å². The van der Waals surface area contributed by atoms with E-state index < -0.39 is 6.10 Å². The summed E-state index contributed by atoms with van der Waals surface area (Å²) in [5, 5.41) is 16.5. The number of carbonyl (C=O) groups is 1. The van der Waals surface area contributed by atoms with Crippen LogP contribution in [-0.2, 0) is 17.6 Å². The summed E-state index contributed by atoms with van der Waals surface area (Å²) in [5.74, 6) is 1.44. The van der Waals surface area contributed by atoms with Crippen LogP contribution in [0, 0.1) is 0 Å². The highest BCUT2D eigenvalue weighted by Crippen LogP contribution is 2.25.